The Morgan fingerprint density at radius 3 is 1.94 bits per heavy atom. The van der Waals surface area contributed by atoms with Gasteiger partial charge in [0.25, 0.3) is 0 Å². The van der Waals surface area contributed by atoms with E-state index in [2.05, 4.69) is 0 Å². The van der Waals surface area contributed by atoms with Crippen LogP contribution in [0.1, 0.15) is 54.9 Å². The van der Waals surface area contributed by atoms with E-state index in [4.69, 9.17) is 4.74 Å². The number of hydrogen-bond acceptors (Lipinski definition) is 3. The third-order valence-corrected chi connectivity index (χ3v) is 2.39. The van der Waals surface area contributed by atoms with Gasteiger partial charge in [-0.1, -0.05) is 27.7 Å². The molecule has 0 rings (SSSR count). The van der Waals surface area contributed by atoms with Crippen molar-refractivity contribution in [2.45, 2.75) is 66.6 Å². The zero-order valence-corrected chi connectivity index (χ0v) is 11.6. The zero-order valence-electron chi connectivity index (χ0n) is 11.6. The topological polar surface area (TPSA) is 46.5 Å². The number of aliphatic hydroxyl groups excluding tert-OH is 1. The van der Waals surface area contributed by atoms with Crippen molar-refractivity contribution in [1.82, 2.24) is 0 Å². The normalized spacial score (nSPS) is 16.8. The Kier molecular flexibility index (Phi) is 4.99. The Hall–Kier alpha value is -0.570. The lowest BCUT2D eigenvalue weighted by atomic mass is 9.84. The molecule has 0 spiro atoms. The maximum atomic E-state index is 11.7. The fourth-order valence-electron chi connectivity index (χ4n) is 1.19. The van der Waals surface area contributed by atoms with Gasteiger partial charge in [0, 0.05) is 0 Å². The van der Waals surface area contributed by atoms with Gasteiger partial charge in [0.2, 0.25) is 0 Å². The fraction of sp³-hybridized carbons (Fsp3) is 0.923. The molecular formula is C13H26O3. The number of ether oxygens (including phenoxy) is 1. The van der Waals surface area contributed by atoms with Crippen LogP contribution in [-0.2, 0) is 9.53 Å². The molecule has 0 aromatic heterocycles. The lowest BCUT2D eigenvalue weighted by molar-refractivity contribution is -0.161. The van der Waals surface area contributed by atoms with Gasteiger partial charge in [0.15, 0.2) is 0 Å². The molecule has 0 fully saturated rings. The van der Waals surface area contributed by atoms with E-state index in [-0.39, 0.29) is 17.3 Å². The van der Waals surface area contributed by atoms with Gasteiger partial charge in [0.1, 0.15) is 5.60 Å². The van der Waals surface area contributed by atoms with Gasteiger partial charge < -0.3 is 9.84 Å². The van der Waals surface area contributed by atoms with Crippen molar-refractivity contribution in [1.29, 1.82) is 0 Å². The van der Waals surface area contributed by atoms with Crippen molar-refractivity contribution in [3.05, 3.63) is 0 Å². The van der Waals surface area contributed by atoms with Gasteiger partial charge >= 0.3 is 5.97 Å². The largest absolute Gasteiger partial charge is 0.460 e. The van der Waals surface area contributed by atoms with Crippen LogP contribution < -0.4 is 0 Å². The first-order valence-electron chi connectivity index (χ1n) is 5.84. The molecule has 0 aliphatic heterocycles. The van der Waals surface area contributed by atoms with Crippen molar-refractivity contribution in [2.75, 3.05) is 0 Å². The number of esters is 1. The van der Waals surface area contributed by atoms with E-state index in [1.165, 1.54) is 0 Å². The summed E-state index contributed by atoms with van der Waals surface area (Å²) in [6.07, 6.45) is -0.0479. The SMILES string of the molecule is CC(CC(O)C(C)(C)C)C(=O)OC(C)(C)C. The summed E-state index contributed by atoms with van der Waals surface area (Å²) in [7, 11) is 0. The molecule has 0 aromatic carbocycles. The summed E-state index contributed by atoms with van der Waals surface area (Å²) < 4.78 is 5.26. The zero-order chi connectivity index (χ0) is 13.1. The van der Waals surface area contributed by atoms with Crippen LogP contribution >= 0.6 is 0 Å². The highest BCUT2D eigenvalue weighted by molar-refractivity contribution is 5.72. The van der Waals surface area contributed by atoms with Gasteiger partial charge in [-0.3, -0.25) is 4.79 Å². The first-order valence-corrected chi connectivity index (χ1v) is 5.84. The number of carbonyl (C=O) groups excluding carboxylic acids is 1. The first kappa shape index (κ1) is 15.4. The molecule has 3 nitrogen and oxygen atoms in total. The van der Waals surface area contributed by atoms with Crippen molar-refractivity contribution in [3.63, 3.8) is 0 Å². The van der Waals surface area contributed by atoms with Crippen LogP contribution in [0.3, 0.4) is 0 Å². The van der Waals surface area contributed by atoms with E-state index >= 15 is 0 Å². The Balaban J connectivity index is 4.27. The van der Waals surface area contributed by atoms with Crippen molar-refractivity contribution in [3.8, 4) is 0 Å². The molecule has 0 aliphatic carbocycles. The minimum Gasteiger partial charge on any atom is -0.460 e. The second kappa shape index (κ2) is 5.17. The lowest BCUT2D eigenvalue weighted by Gasteiger charge is -2.29. The second-order valence-corrected chi connectivity index (χ2v) is 6.55. The Morgan fingerprint density at radius 1 is 1.19 bits per heavy atom. The smallest absolute Gasteiger partial charge is 0.309 e. The Labute approximate surface area is 99.2 Å². The van der Waals surface area contributed by atoms with E-state index in [1.807, 2.05) is 41.5 Å². The van der Waals surface area contributed by atoms with Gasteiger partial charge in [0.05, 0.1) is 12.0 Å². The van der Waals surface area contributed by atoms with Crippen molar-refractivity contribution in [2.24, 2.45) is 11.3 Å². The van der Waals surface area contributed by atoms with E-state index in [0.717, 1.165) is 0 Å². The molecule has 0 aliphatic rings. The average Bonchev–Trinajstić information content (AvgIpc) is 1.98. The monoisotopic (exact) mass is 230 g/mol. The predicted octanol–water partition coefficient (Wildman–Crippen LogP) is 2.76. The van der Waals surface area contributed by atoms with Crippen LogP contribution in [-0.4, -0.2) is 22.8 Å². The molecule has 1 N–H and O–H groups in total. The molecular weight excluding hydrogens is 204 g/mol. The first-order chi connectivity index (χ1) is 6.93. The molecule has 0 bridgehead atoms. The fourth-order valence-corrected chi connectivity index (χ4v) is 1.19. The molecule has 0 radical (unpaired) electrons. The van der Waals surface area contributed by atoms with Crippen LogP contribution in [0.5, 0.6) is 0 Å². The minimum absolute atomic E-state index is 0.198. The molecule has 96 valence electrons. The summed E-state index contributed by atoms with van der Waals surface area (Å²) in [5.74, 6) is -0.510. The molecule has 0 amide bonds. The van der Waals surface area contributed by atoms with E-state index < -0.39 is 11.7 Å². The quantitative estimate of drug-likeness (QED) is 0.758. The van der Waals surface area contributed by atoms with Crippen LogP contribution in [0.4, 0.5) is 0 Å². The summed E-state index contributed by atoms with van der Waals surface area (Å²) in [6.45, 7) is 13.2. The van der Waals surface area contributed by atoms with Crippen LogP contribution in [0.2, 0.25) is 0 Å². The highest BCUT2D eigenvalue weighted by atomic mass is 16.6. The minimum atomic E-state index is -0.491. The third kappa shape index (κ3) is 6.11. The Morgan fingerprint density at radius 2 is 1.62 bits per heavy atom. The maximum Gasteiger partial charge on any atom is 0.309 e. The maximum absolute atomic E-state index is 11.7. The predicted molar refractivity (Wildman–Crippen MR) is 65.1 cm³/mol. The van der Waals surface area contributed by atoms with Gasteiger partial charge in [-0.15, -0.1) is 0 Å². The van der Waals surface area contributed by atoms with E-state index in [0.29, 0.717) is 6.42 Å². The third-order valence-electron chi connectivity index (χ3n) is 2.39. The van der Waals surface area contributed by atoms with Gasteiger partial charge in [-0.05, 0) is 32.6 Å². The summed E-state index contributed by atoms with van der Waals surface area (Å²) >= 11 is 0. The molecule has 3 heteroatoms. The highest BCUT2D eigenvalue weighted by Gasteiger charge is 2.28. The summed E-state index contributed by atoms with van der Waals surface area (Å²) in [5, 5.41) is 9.90. The number of carbonyl (C=O) groups is 1. The summed E-state index contributed by atoms with van der Waals surface area (Å²) in [4.78, 5) is 11.7. The number of aliphatic hydroxyl groups is 1. The van der Waals surface area contributed by atoms with Crippen molar-refractivity contribution < 1.29 is 14.6 Å². The lowest BCUT2D eigenvalue weighted by Crippen LogP contribution is -2.33. The Bertz CT molecular complexity index is 233. The molecule has 0 saturated carbocycles. The number of hydrogen-bond donors (Lipinski definition) is 1. The highest BCUT2D eigenvalue weighted by Crippen LogP contribution is 2.25. The van der Waals surface area contributed by atoms with Crippen LogP contribution in [0.25, 0.3) is 0 Å². The standard InChI is InChI=1S/C13H26O3/c1-9(8-10(14)12(2,3)4)11(15)16-13(5,6)7/h9-10,14H,8H2,1-7H3. The van der Waals surface area contributed by atoms with Crippen LogP contribution in [0.15, 0.2) is 0 Å². The number of rotatable bonds is 3. The summed E-state index contributed by atoms with van der Waals surface area (Å²) in [6, 6.07) is 0. The molecule has 0 heterocycles. The molecule has 16 heavy (non-hydrogen) atoms. The van der Waals surface area contributed by atoms with Crippen LogP contribution in [0, 0.1) is 11.3 Å². The van der Waals surface area contributed by atoms with Gasteiger partial charge in [-0.25, -0.2) is 0 Å². The van der Waals surface area contributed by atoms with E-state index in [1.54, 1.807) is 6.92 Å². The van der Waals surface area contributed by atoms with Gasteiger partial charge in [-0.2, -0.15) is 0 Å². The molecule has 0 aromatic rings. The van der Waals surface area contributed by atoms with E-state index in [9.17, 15) is 9.90 Å². The van der Waals surface area contributed by atoms with Crippen molar-refractivity contribution >= 4 is 5.97 Å². The summed E-state index contributed by atoms with van der Waals surface area (Å²) in [5.41, 5.74) is -0.658. The molecule has 0 saturated heterocycles. The molecule has 2 unspecified atom stereocenters. The average molecular weight is 230 g/mol. The second-order valence-electron chi connectivity index (χ2n) is 6.55. The molecule has 2 atom stereocenters.